The third kappa shape index (κ3) is 4.33. The fraction of sp³-hybridized carbons (Fsp3) is 0.250. The first-order valence-electron chi connectivity index (χ1n) is 8.55. The third-order valence-corrected chi connectivity index (χ3v) is 4.92. The van der Waals surface area contributed by atoms with E-state index in [1.165, 1.54) is 12.0 Å². The molecule has 1 aliphatic rings. The van der Waals surface area contributed by atoms with Crippen LogP contribution in [0.3, 0.4) is 0 Å². The first-order chi connectivity index (χ1) is 13.4. The predicted octanol–water partition coefficient (Wildman–Crippen LogP) is 2.32. The summed E-state index contributed by atoms with van der Waals surface area (Å²) in [5.41, 5.74) is 1.69. The molecule has 1 N–H and O–H groups in total. The van der Waals surface area contributed by atoms with Gasteiger partial charge >= 0.3 is 5.97 Å². The average molecular weight is 447 g/mol. The Hall–Kier alpha value is -2.87. The van der Waals surface area contributed by atoms with Crippen molar-refractivity contribution in [3.05, 3.63) is 58.1 Å². The maximum atomic E-state index is 12.7. The highest BCUT2D eigenvalue weighted by molar-refractivity contribution is 9.10. The lowest BCUT2D eigenvalue weighted by atomic mass is 10.0. The Morgan fingerprint density at radius 3 is 2.79 bits per heavy atom. The standard InChI is InChI=1S/C20H19BrN2O5/c1-23-16-10-13(6-7-17(16)28-11-18(23)24)19(25)22-15(20(26)27-2)9-12-4-3-5-14(21)8-12/h3-8,10,15H,9,11H2,1-2H3,(H,22,25). The van der Waals surface area contributed by atoms with Crippen molar-refractivity contribution in [2.45, 2.75) is 12.5 Å². The number of benzene rings is 2. The summed E-state index contributed by atoms with van der Waals surface area (Å²) in [5, 5.41) is 2.71. The van der Waals surface area contributed by atoms with Crippen LogP contribution in [0.15, 0.2) is 46.9 Å². The number of hydrogen-bond donors (Lipinski definition) is 1. The normalized spacial score (nSPS) is 14.0. The van der Waals surface area contributed by atoms with E-state index in [1.54, 1.807) is 25.2 Å². The van der Waals surface area contributed by atoms with E-state index in [9.17, 15) is 14.4 Å². The Morgan fingerprint density at radius 1 is 1.29 bits per heavy atom. The van der Waals surface area contributed by atoms with Gasteiger partial charge in [0.1, 0.15) is 11.8 Å². The minimum absolute atomic E-state index is 0.0356. The van der Waals surface area contributed by atoms with E-state index < -0.39 is 17.9 Å². The van der Waals surface area contributed by atoms with Gasteiger partial charge in [0.05, 0.1) is 12.8 Å². The summed E-state index contributed by atoms with van der Waals surface area (Å²) in [4.78, 5) is 38.2. The van der Waals surface area contributed by atoms with Gasteiger partial charge in [0.2, 0.25) is 0 Å². The first kappa shape index (κ1) is 19.9. The van der Waals surface area contributed by atoms with Crippen LogP contribution < -0.4 is 15.0 Å². The Kier molecular flexibility index (Phi) is 5.99. The topological polar surface area (TPSA) is 84.9 Å². The molecule has 7 nitrogen and oxygen atoms in total. The summed E-state index contributed by atoms with van der Waals surface area (Å²) in [6.45, 7) is -0.0356. The maximum absolute atomic E-state index is 12.7. The molecule has 2 aromatic carbocycles. The highest BCUT2D eigenvalue weighted by atomic mass is 79.9. The quantitative estimate of drug-likeness (QED) is 0.712. The molecule has 0 saturated heterocycles. The highest BCUT2D eigenvalue weighted by Gasteiger charge is 2.26. The molecule has 146 valence electrons. The zero-order valence-corrected chi connectivity index (χ0v) is 17.0. The van der Waals surface area contributed by atoms with Gasteiger partial charge in [-0.25, -0.2) is 4.79 Å². The fourth-order valence-electron chi connectivity index (χ4n) is 2.89. The monoisotopic (exact) mass is 446 g/mol. The number of amides is 2. The number of esters is 1. The number of hydrogen-bond acceptors (Lipinski definition) is 5. The fourth-order valence-corrected chi connectivity index (χ4v) is 3.34. The molecular weight excluding hydrogens is 428 g/mol. The lowest BCUT2D eigenvalue weighted by Crippen LogP contribution is -2.43. The smallest absolute Gasteiger partial charge is 0.328 e. The van der Waals surface area contributed by atoms with Gasteiger partial charge in [0.25, 0.3) is 11.8 Å². The molecule has 0 aliphatic carbocycles. The van der Waals surface area contributed by atoms with E-state index in [2.05, 4.69) is 21.2 Å². The van der Waals surface area contributed by atoms with E-state index in [4.69, 9.17) is 9.47 Å². The van der Waals surface area contributed by atoms with Crippen molar-refractivity contribution < 1.29 is 23.9 Å². The largest absolute Gasteiger partial charge is 0.482 e. The highest BCUT2D eigenvalue weighted by Crippen LogP contribution is 2.32. The number of likely N-dealkylation sites (N-methyl/N-ethyl adjacent to an activating group) is 1. The first-order valence-corrected chi connectivity index (χ1v) is 9.35. The molecule has 1 atom stereocenters. The van der Waals surface area contributed by atoms with Crippen molar-refractivity contribution in [1.82, 2.24) is 5.32 Å². The Balaban J connectivity index is 1.80. The molecule has 0 fully saturated rings. The Labute approximate surface area is 170 Å². The van der Waals surface area contributed by atoms with Crippen LogP contribution in [0.2, 0.25) is 0 Å². The molecule has 1 aliphatic heterocycles. The molecule has 0 spiro atoms. The zero-order valence-electron chi connectivity index (χ0n) is 15.4. The lowest BCUT2D eigenvalue weighted by Gasteiger charge is -2.26. The van der Waals surface area contributed by atoms with Crippen molar-refractivity contribution >= 4 is 39.4 Å². The number of nitrogens with one attached hydrogen (secondary N) is 1. The number of ether oxygens (including phenoxy) is 2. The molecule has 0 aromatic heterocycles. The molecule has 0 radical (unpaired) electrons. The minimum atomic E-state index is -0.849. The third-order valence-electron chi connectivity index (χ3n) is 4.43. The number of fused-ring (bicyclic) bond motifs is 1. The number of rotatable bonds is 5. The molecule has 28 heavy (non-hydrogen) atoms. The number of anilines is 1. The van der Waals surface area contributed by atoms with Gasteiger partial charge in [-0.2, -0.15) is 0 Å². The second kappa shape index (κ2) is 8.43. The van der Waals surface area contributed by atoms with Crippen molar-refractivity contribution in [2.24, 2.45) is 0 Å². The summed E-state index contributed by atoms with van der Waals surface area (Å²) >= 11 is 3.39. The lowest BCUT2D eigenvalue weighted by molar-refractivity contribution is -0.142. The number of halogens is 1. The zero-order chi connectivity index (χ0) is 20.3. The summed E-state index contributed by atoms with van der Waals surface area (Å²) in [5.74, 6) is -0.661. The molecule has 8 heteroatoms. The number of carbonyl (C=O) groups is 3. The molecule has 0 saturated carbocycles. The van der Waals surface area contributed by atoms with E-state index >= 15 is 0 Å². The van der Waals surface area contributed by atoms with Crippen molar-refractivity contribution in [3.63, 3.8) is 0 Å². The van der Waals surface area contributed by atoms with Crippen LogP contribution in [0.4, 0.5) is 5.69 Å². The molecule has 2 amide bonds. The average Bonchev–Trinajstić information content (AvgIpc) is 2.69. The van der Waals surface area contributed by atoms with E-state index in [-0.39, 0.29) is 18.9 Å². The van der Waals surface area contributed by atoms with Crippen LogP contribution in [0.5, 0.6) is 5.75 Å². The van der Waals surface area contributed by atoms with E-state index in [0.29, 0.717) is 17.0 Å². The SMILES string of the molecule is COC(=O)C(Cc1cccc(Br)c1)NC(=O)c1ccc2c(c1)N(C)C(=O)CO2. The van der Waals surface area contributed by atoms with Gasteiger partial charge in [-0.05, 0) is 35.9 Å². The van der Waals surface area contributed by atoms with Crippen molar-refractivity contribution in [1.29, 1.82) is 0 Å². The molecule has 1 unspecified atom stereocenters. The Bertz CT molecular complexity index is 931. The molecule has 1 heterocycles. The van der Waals surface area contributed by atoms with E-state index in [0.717, 1.165) is 10.0 Å². The number of methoxy groups -OCH3 is 1. The van der Waals surface area contributed by atoms with Gasteiger partial charge in [-0.15, -0.1) is 0 Å². The Morgan fingerprint density at radius 2 is 2.07 bits per heavy atom. The van der Waals surface area contributed by atoms with Crippen molar-refractivity contribution in [3.8, 4) is 5.75 Å². The summed E-state index contributed by atoms with van der Waals surface area (Å²) in [6, 6.07) is 11.4. The molecular formula is C20H19BrN2O5. The second-order valence-corrected chi connectivity index (χ2v) is 7.22. The molecule has 3 rings (SSSR count). The van der Waals surface area contributed by atoms with Gasteiger partial charge in [0.15, 0.2) is 6.61 Å². The van der Waals surface area contributed by atoms with Crippen LogP contribution in [-0.4, -0.2) is 44.6 Å². The second-order valence-electron chi connectivity index (χ2n) is 6.31. The van der Waals surface area contributed by atoms with Crippen LogP contribution in [0.1, 0.15) is 15.9 Å². The predicted molar refractivity (Wildman–Crippen MR) is 106 cm³/mol. The maximum Gasteiger partial charge on any atom is 0.328 e. The summed E-state index contributed by atoms with van der Waals surface area (Å²) in [6.07, 6.45) is 0.282. The van der Waals surface area contributed by atoms with Crippen LogP contribution >= 0.6 is 15.9 Å². The van der Waals surface area contributed by atoms with Crippen molar-refractivity contribution in [2.75, 3.05) is 25.7 Å². The van der Waals surface area contributed by atoms with Crippen LogP contribution in [0, 0.1) is 0 Å². The number of nitrogens with zero attached hydrogens (tertiary/aromatic N) is 1. The van der Waals surface area contributed by atoms with Crippen LogP contribution in [-0.2, 0) is 20.7 Å². The van der Waals surface area contributed by atoms with E-state index in [1.807, 2.05) is 24.3 Å². The molecule has 0 bridgehead atoms. The van der Waals surface area contributed by atoms with Gasteiger partial charge in [0, 0.05) is 23.5 Å². The van der Waals surface area contributed by atoms with Gasteiger partial charge in [-0.3, -0.25) is 9.59 Å². The minimum Gasteiger partial charge on any atom is -0.482 e. The van der Waals surface area contributed by atoms with Gasteiger partial charge in [-0.1, -0.05) is 28.1 Å². The van der Waals surface area contributed by atoms with Gasteiger partial charge < -0.3 is 19.7 Å². The summed E-state index contributed by atoms with van der Waals surface area (Å²) < 4.78 is 11.1. The number of carbonyl (C=O) groups excluding carboxylic acids is 3. The summed E-state index contributed by atoms with van der Waals surface area (Å²) in [7, 11) is 2.90. The van der Waals surface area contributed by atoms with Crippen LogP contribution in [0.25, 0.3) is 0 Å². The molecule has 2 aromatic rings.